The molecule has 20 heavy (non-hydrogen) atoms. The zero-order valence-corrected chi connectivity index (χ0v) is 14.1. The van der Waals surface area contributed by atoms with E-state index in [-0.39, 0.29) is 5.41 Å². The van der Waals surface area contributed by atoms with Crippen LogP contribution in [0.25, 0.3) is 11.0 Å². The van der Waals surface area contributed by atoms with Gasteiger partial charge in [0.05, 0.1) is 12.0 Å². The van der Waals surface area contributed by atoms with E-state index in [9.17, 15) is 0 Å². The minimum absolute atomic E-state index is 0.147. The van der Waals surface area contributed by atoms with E-state index in [1.54, 1.807) is 6.26 Å². The van der Waals surface area contributed by atoms with E-state index >= 15 is 0 Å². The molecular formula is C18H29NO. The SMILES string of the molecule is CCC.CCc1nc(C)c2occc2c1C(C)(C)CC. The summed E-state index contributed by atoms with van der Waals surface area (Å²) in [6.07, 6.45) is 5.10. The topological polar surface area (TPSA) is 26.0 Å². The number of nitrogens with zero attached hydrogens (tertiary/aromatic N) is 1. The average molecular weight is 275 g/mol. The van der Waals surface area contributed by atoms with Crippen LogP contribution in [-0.2, 0) is 11.8 Å². The van der Waals surface area contributed by atoms with Gasteiger partial charge in [0.2, 0.25) is 0 Å². The van der Waals surface area contributed by atoms with Crippen molar-refractivity contribution in [1.82, 2.24) is 4.98 Å². The summed E-state index contributed by atoms with van der Waals surface area (Å²) in [5.74, 6) is 0. The Bertz CT molecular complexity index is 552. The van der Waals surface area contributed by atoms with Gasteiger partial charge >= 0.3 is 0 Å². The van der Waals surface area contributed by atoms with E-state index < -0.39 is 0 Å². The van der Waals surface area contributed by atoms with Gasteiger partial charge in [0, 0.05) is 11.1 Å². The summed E-state index contributed by atoms with van der Waals surface area (Å²) < 4.78 is 5.57. The third-order valence-corrected chi connectivity index (χ3v) is 3.75. The first-order valence-corrected chi connectivity index (χ1v) is 7.79. The fraction of sp³-hybridized carbons (Fsp3) is 0.611. The number of pyridine rings is 1. The number of furan rings is 1. The molecular weight excluding hydrogens is 246 g/mol. The second-order valence-electron chi connectivity index (χ2n) is 5.98. The van der Waals surface area contributed by atoms with Crippen LogP contribution in [0.5, 0.6) is 0 Å². The van der Waals surface area contributed by atoms with Gasteiger partial charge in [-0.2, -0.15) is 0 Å². The van der Waals surface area contributed by atoms with Crippen LogP contribution in [0.2, 0.25) is 0 Å². The van der Waals surface area contributed by atoms with Crippen molar-refractivity contribution in [2.24, 2.45) is 0 Å². The Morgan fingerprint density at radius 1 is 1.15 bits per heavy atom. The molecule has 2 aromatic heterocycles. The average Bonchev–Trinajstić information content (AvgIpc) is 2.88. The van der Waals surface area contributed by atoms with Crippen molar-refractivity contribution >= 4 is 11.0 Å². The number of hydrogen-bond donors (Lipinski definition) is 0. The summed E-state index contributed by atoms with van der Waals surface area (Å²) in [7, 11) is 0. The molecule has 0 aliphatic rings. The molecule has 0 unspecified atom stereocenters. The van der Waals surface area contributed by atoms with Gasteiger partial charge < -0.3 is 4.42 Å². The van der Waals surface area contributed by atoms with E-state index in [1.807, 2.05) is 6.92 Å². The van der Waals surface area contributed by atoms with Gasteiger partial charge in [0.25, 0.3) is 0 Å². The van der Waals surface area contributed by atoms with Crippen molar-refractivity contribution < 1.29 is 4.42 Å². The lowest BCUT2D eigenvalue weighted by Crippen LogP contribution is -2.19. The standard InChI is InChI=1S/C15H21NO.C3H8/c1-6-12-13(15(4,5)7-2)11-8-9-17-14(11)10(3)16-12;1-3-2/h8-9H,6-7H2,1-5H3;3H2,1-2H3. The summed E-state index contributed by atoms with van der Waals surface area (Å²) in [6.45, 7) is 15.2. The van der Waals surface area contributed by atoms with Crippen molar-refractivity contribution in [3.05, 3.63) is 29.3 Å². The van der Waals surface area contributed by atoms with Crippen molar-refractivity contribution in [1.29, 1.82) is 0 Å². The zero-order valence-electron chi connectivity index (χ0n) is 14.1. The third-order valence-electron chi connectivity index (χ3n) is 3.75. The molecule has 0 saturated heterocycles. The molecule has 2 rings (SSSR count). The van der Waals surface area contributed by atoms with Crippen LogP contribution in [0.15, 0.2) is 16.7 Å². The van der Waals surface area contributed by atoms with Crippen LogP contribution >= 0.6 is 0 Å². The molecule has 0 atom stereocenters. The quantitative estimate of drug-likeness (QED) is 0.707. The zero-order chi connectivity index (χ0) is 15.3. The molecule has 0 radical (unpaired) electrons. The molecule has 0 aliphatic heterocycles. The summed E-state index contributed by atoms with van der Waals surface area (Å²) in [5, 5.41) is 1.24. The van der Waals surface area contributed by atoms with Crippen LogP contribution in [0.4, 0.5) is 0 Å². The molecule has 0 saturated carbocycles. The summed E-state index contributed by atoms with van der Waals surface area (Å²) >= 11 is 0. The second kappa shape index (κ2) is 6.92. The predicted molar refractivity (Wildman–Crippen MR) is 87.4 cm³/mol. The van der Waals surface area contributed by atoms with Gasteiger partial charge in [-0.05, 0) is 36.8 Å². The highest BCUT2D eigenvalue weighted by Gasteiger charge is 2.26. The minimum atomic E-state index is 0.147. The molecule has 0 aromatic carbocycles. The normalized spacial score (nSPS) is 11.3. The largest absolute Gasteiger partial charge is 0.462 e. The van der Waals surface area contributed by atoms with Crippen molar-refractivity contribution in [2.75, 3.05) is 0 Å². The Balaban J connectivity index is 0.000000612. The summed E-state index contributed by atoms with van der Waals surface area (Å²) in [4.78, 5) is 4.71. The molecule has 2 nitrogen and oxygen atoms in total. The van der Waals surface area contributed by atoms with Crippen LogP contribution in [-0.4, -0.2) is 4.98 Å². The molecule has 112 valence electrons. The van der Waals surface area contributed by atoms with Crippen LogP contribution < -0.4 is 0 Å². The van der Waals surface area contributed by atoms with E-state index in [4.69, 9.17) is 9.40 Å². The molecule has 0 aliphatic carbocycles. The lowest BCUT2D eigenvalue weighted by Gasteiger charge is -2.26. The predicted octanol–water partition coefficient (Wildman–Crippen LogP) is 5.80. The molecule has 0 fully saturated rings. The van der Waals surface area contributed by atoms with Gasteiger partial charge in [0.1, 0.15) is 0 Å². The fourth-order valence-corrected chi connectivity index (χ4v) is 2.44. The minimum Gasteiger partial charge on any atom is -0.462 e. The van der Waals surface area contributed by atoms with Gasteiger partial charge in [-0.3, -0.25) is 4.98 Å². The molecule has 0 N–H and O–H groups in total. The Hall–Kier alpha value is -1.31. The number of fused-ring (bicyclic) bond motifs is 1. The summed E-state index contributed by atoms with van der Waals surface area (Å²) in [6, 6.07) is 2.08. The molecule has 0 amide bonds. The molecule has 2 heteroatoms. The Morgan fingerprint density at radius 2 is 1.75 bits per heavy atom. The molecule has 2 aromatic rings. The van der Waals surface area contributed by atoms with E-state index in [1.165, 1.54) is 23.1 Å². The first-order chi connectivity index (χ1) is 9.42. The Kier molecular flexibility index (Phi) is 5.79. The van der Waals surface area contributed by atoms with Gasteiger partial charge in [0.15, 0.2) is 5.58 Å². The highest BCUT2D eigenvalue weighted by Crippen LogP contribution is 2.36. The maximum Gasteiger partial charge on any atom is 0.155 e. The van der Waals surface area contributed by atoms with E-state index in [2.05, 4.69) is 47.6 Å². The third kappa shape index (κ3) is 3.23. The fourth-order valence-electron chi connectivity index (χ4n) is 2.44. The highest BCUT2D eigenvalue weighted by atomic mass is 16.3. The smallest absolute Gasteiger partial charge is 0.155 e. The maximum atomic E-state index is 5.57. The monoisotopic (exact) mass is 275 g/mol. The number of aryl methyl sites for hydroxylation is 2. The van der Waals surface area contributed by atoms with Crippen LogP contribution in [0, 0.1) is 6.92 Å². The van der Waals surface area contributed by atoms with Gasteiger partial charge in [-0.15, -0.1) is 0 Å². The molecule has 0 bridgehead atoms. The lowest BCUT2D eigenvalue weighted by molar-refractivity contribution is 0.502. The van der Waals surface area contributed by atoms with Crippen LogP contribution in [0.1, 0.15) is 71.3 Å². The Morgan fingerprint density at radius 3 is 2.25 bits per heavy atom. The van der Waals surface area contributed by atoms with E-state index in [0.29, 0.717) is 0 Å². The molecule has 0 spiro atoms. The Labute approximate surface area is 123 Å². The van der Waals surface area contributed by atoms with Crippen molar-refractivity contribution in [2.45, 2.75) is 73.1 Å². The second-order valence-corrected chi connectivity index (χ2v) is 5.98. The number of rotatable bonds is 3. The number of aromatic nitrogens is 1. The van der Waals surface area contributed by atoms with Crippen LogP contribution in [0.3, 0.4) is 0 Å². The first kappa shape index (κ1) is 16.7. The van der Waals surface area contributed by atoms with Crippen molar-refractivity contribution in [3.63, 3.8) is 0 Å². The lowest BCUT2D eigenvalue weighted by atomic mass is 9.79. The van der Waals surface area contributed by atoms with E-state index in [0.717, 1.165) is 24.1 Å². The van der Waals surface area contributed by atoms with Gasteiger partial charge in [-0.25, -0.2) is 0 Å². The molecule has 2 heterocycles. The van der Waals surface area contributed by atoms with Gasteiger partial charge in [-0.1, -0.05) is 48.0 Å². The first-order valence-electron chi connectivity index (χ1n) is 7.79. The maximum absolute atomic E-state index is 5.57. The van der Waals surface area contributed by atoms with Crippen molar-refractivity contribution in [3.8, 4) is 0 Å². The summed E-state index contributed by atoms with van der Waals surface area (Å²) in [5.41, 5.74) is 4.66. The highest BCUT2D eigenvalue weighted by molar-refractivity contribution is 5.84. The number of hydrogen-bond acceptors (Lipinski definition) is 2.